The summed E-state index contributed by atoms with van der Waals surface area (Å²) in [6, 6.07) is 5.05. The van der Waals surface area contributed by atoms with Crippen LogP contribution in [0.25, 0.3) is 0 Å². The normalized spacial score (nSPS) is 25.7. The van der Waals surface area contributed by atoms with Gasteiger partial charge in [-0.2, -0.15) is 0 Å². The summed E-state index contributed by atoms with van der Waals surface area (Å²) < 4.78 is 35.5. The highest BCUT2D eigenvalue weighted by Crippen LogP contribution is 2.45. The number of hydrogen-bond donors (Lipinski definition) is 0. The summed E-state index contributed by atoms with van der Waals surface area (Å²) in [4.78, 5) is 11.5. The molecule has 1 aromatic heterocycles. The molecule has 0 amide bonds. The van der Waals surface area contributed by atoms with Crippen LogP contribution in [0.15, 0.2) is 24.4 Å². The van der Waals surface area contributed by atoms with Gasteiger partial charge in [-0.3, -0.25) is 4.90 Å². The van der Waals surface area contributed by atoms with Crippen LogP contribution in [0.1, 0.15) is 41.9 Å². The van der Waals surface area contributed by atoms with Crippen molar-refractivity contribution in [2.24, 2.45) is 0 Å². The molecule has 0 radical (unpaired) electrons. The lowest BCUT2D eigenvalue weighted by Crippen LogP contribution is -2.45. The lowest BCUT2D eigenvalue weighted by molar-refractivity contribution is -0.286. The first-order valence-corrected chi connectivity index (χ1v) is 9.37. The van der Waals surface area contributed by atoms with Crippen molar-refractivity contribution >= 4 is 0 Å². The summed E-state index contributed by atoms with van der Waals surface area (Å²) in [5, 5.41) is 0. The summed E-state index contributed by atoms with van der Waals surface area (Å²) in [6.07, 6.45) is 2.78. The number of rotatable bonds is 2. The molecule has 2 aromatic rings. The third-order valence-electron chi connectivity index (χ3n) is 5.89. The van der Waals surface area contributed by atoms with Gasteiger partial charge in [0, 0.05) is 24.7 Å². The average molecular weight is 373 g/mol. The molecule has 1 saturated heterocycles. The molecule has 1 atom stereocenters. The fourth-order valence-electron chi connectivity index (χ4n) is 4.74. The van der Waals surface area contributed by atoms with Crippen molar-refractivity contribution in [3.05, 3.63) is 47.0 Å². The van der Waals surface area contributed by atoms with Crippen LogP contribution in [0.3, 0.4) is 0 Å². The number of alkyl halides is 2. The van der Waals surface area contributed by atoms with E-state index in [0.717, 1.165) is 50.2 Å². The second kappa shape index (κ2) is 5.86. The van der Waals surface area contributed by atoms with Crippen molar-refractivity contribution in [3.63, 3.8) is 0 Å². The number of likely N-dealkylation sites (tertiary alicyclic amines) is 1. The Morgan fingerprint density at radius 2 is 2.04 bits per heavy atom. The lowest BCUT2D eigenvalue weighted by Gasteiger charge is -2.40. The maximum Gasteiger partial charge on any atom is 0.586 e. The van der Waals surface area contributed by atoms with Crippen molar-refractivity contribution in [1.82, 2.24) is 14.9 Å². The zero-order valence-electron chi connectivity index (χ0n) is 15.2. The number of aromatic nitrogens is 2. The Morgan fingerprint density at radius 3 is 2.93 bits per heavy atom. The van der Waals surface area contributed by atoms with Crippen molar-refractivity contribution in [3.8, 4) is 11.5 Å². The first kappa shape index (κ1) is 16.9. The van der Waals surface area contributed by atoms with Crippen molar-refractivity contribution < 1.29 is 18.3 Å². The topological polar surface area (TPSA) is 47.5 Å². The van der Waals surface area contributed by atoms with Crippen LogP contribution < -0.4 is 9.47 Å². The van der Waals surface area contributed by atoms with E-state index in [2.05, 4.69) is 19.4 Å². The van der Waals surface area contributed by atoms with Crippen LogP contribution in [0.5, 0.6) is 11.5 Å². The van der Waals surface area contributed by atoms with E-state index in [1.165, 1.54) is 11.3 Å². The number of fused-ring (bicyclic) bond motifs is 3. The lowest BCUT2D eigenvalue weighted by atomic mass is 9.77. The van der Waals surface area contributed by atoms with E-state index in [1.54, 1.807) is 12.1 Å². The molecule has 142 valence electrons. The molecular weight excluding hydrogens is 352 g/mol. The number of hydrogen-bond acceptors (Lipinski definition) is 5. The van der Waals surface area contributed by atoms with Gasteiger partial charge in [0.05, 0.1) is 5.69 Å². The third kappa shape index (κ3) is 2.94. The van der Waals surface area contributed by atoms with Crippen molar-refractivity contribution in [1.29, 1.82) is 0 Å². The molecule has 5 rings (SSSR count). The highest BCUT2D eigenvalue weighted by Gasteiger charge is 2.45. The maximum atomic E-state index is 13.2. The van der Waals surface area contributed by atoms with Crippen molar-refractivity contribution in [2.45, 2.75) is 50.9 Å². The van der Waals surface area contributed by atoms with Crippen LogP contribution in [0, 0.1) is 6.92 Å². The molecule has 1 spiro atoms. The predicted molar refractivity (Wildman–Crippen MR) is 93.9 cm³/mol. The molecule has 0 N–H and O–H groups in total. The molecule has 27 heavy (non-hydrogen) atoms. The van der Waals surface area contributed by atoms with Gasteiger partial charge >= 0.3 is 6.29 Å². The van der Waals surface area contributed by atoms with Gasteiger partial charge in [-0.25, -0.2) is 9.97 Å². The number of benzene rings is 1. The number of nitrogens with zero attached hydrogens (tertiary/aromatic N) is 3. The minimum Gasteiger partial charge on any atom is -0.395 e. The van der Waals surface area contributed by atoms with Crippen LogP contribution in [-0.4, -0.2) is 34.3 Å². The molecule has 3 aliphatic rings. The highest BCUT2D eigenvalue weighted by atomic mass is 19.3. The van der Waals surface area contributed by atoms with Crippen molar-refractivity contribution in [2.75, 3.05) is 13.1 Å². The summed E-state index contributed by atoms with van der Waals surface area (Å²) in [6.45, 7) is 4.56. The van der Waals surface area contributed by atoms with Gasteiger partial charge in [-0.05, 0) is 62.4 Å². The Hall–Kier alpha value is -2.28. The van der Waals surface area contributed by atoms with E-state index in [0.29, 0.717) is 6.54 Å². The molecule has 1 aromatic carbocycles. The van der Waals surface area contributed by atoms with E-state index in [1.807, 2.05) is 19.2 Å². The summed E-state index contributed by atoms with van der Waals surface area (Å²) in [5.74, 6) is 1.03. The molecule has 0 saturated carbocycles. The first-order chi connectivity index (χ1) is 12.9. The number of piperidine rings is 1. The van der Waals surface area contributed by atoms with Crippen LogP contribution in [-0.2, 0) is 18.4 Å². The molecule has 3 heterocycles. The third-order valence-corrected chi connectivity index (χ3v) is 5.89. The van der Waals surface area contributed by atoms with E-state index in [-0.39, 0.29) is 16.9 Å². The molecular formula is C20H21F2N3O2. The Kier molecular flexibility index (Phi) is 3.66. The van der Waals surface area contributed by atoms with Gasteiger partial charge in [-0.15, -0.1) is 8.78 Å². The van der Waals surface area contributed by atoms with Crippen LogP contribution in [0.2, 0.25) is 0 Å². The highest BCUT2D eigenvalue weighted by molar-refractivity contribution is 5.45. The Morgan fingerprint density at radius 1 is 1.19 bits per heavy atom. The van der Waals surface area contributed by atoms with Gasteiger partial charge in [0.1, 0.15) is 5.82 Å². The molecule has 7 heteroatoms. The van der Waals surface area contributed by atoms with Crippen LogP contribution in [0.4, 0.5) is 8.78 Å². The predicted octanol–water partition coefficient (Wildman–Crippen LogP) is 3.59. The summed E-state index contributed by atoms with van der Waals surface area (Å²) in [7, 11) is 0. The van der Waals surface area contributed by atoms with E-state index >= 15 is 0 Å². The first-order valence-electron chi connectivity index (χ1n) is 9.37. The van der Waals surface area contributed by atoms with Gasteiger partial charge in [0.2, 0.25) is 0 Å². The summed E-state index contributed by atoms with van der Waals surface area (Å²) >= 11 is 0. The minimum atomic E-state index is -3.57. The SMILES string of the molecule is Cc1ncc2c(n1)C1(CCCN(Cc3ccc4c(c3)OC(F)(F)O4)C1)CC2. The Balaban J connectivity index is 1.36. The molecule has 1 fully saturated rings. The zero-order valence-corrected chi connectivity index (χ0v) is 15.2. The van der Waals surface area contributed by atoms with E-state index in [9.17, 15) is 8.78 Å². The van der Waals surface area contributed by atoms with E-state index in [4.69, 9.17) is 4.98 Å². The molecule has 1 aliphatic carbocycles. The Labute approximate surface area is 156 Å². The molecule has 1 unspecified atom stereocenters. The Bertz CT molecular complexity index is 901. The fraction of sp³-hybridized carbons (Fsp3) is 0.500. The largest absolute Gasteiger partial charge is 0.586 e. The second-order valence-corrected chi connectivity index (χ2v) is 7.83. The fourth-order valence-corrected chi connectivity index (χ4v) is 4.74. The van der Waals surface area contributed by atoms with Gasteiger partial charge in [-0.1, -0.05) is 6.07 Å². The number of aryl methyl sites for hydroxylation is 2. The van der Waals surface area contributed by atoms with Gasteiger partial charge in [0.25, 0.3) is 0 Å². The maximum absolute atomic E-state index is 13.2. The van der Waals surface area contributed by atoms with Gasteiger partial charge < -0.3 is 9.47 Å². The second-order valence-electron chi connectivity index (χ2n) is 7.83. The molecule has 5 nitrogen and oxygen atoms in total. The smallest absolute Gasteiger partial charge is 0.395 e. The molecule has 0 bridgehead atoms. The number of halogens is 2. The molecule has 2 aliphatic heterocycles. The average Bonchev–Trinajstić information content (AvgIpc) is 3.11. The number of ether oxygens (including phenoxy) is 2. The standard InChI is InChI=1S/C20H21F2N3O2/c1-13-23-10-15-5-7-19(18(15)24-13)6-2-8-25(12-19)11-14-3-4-16-17(9-14)27-20(21,22)26-16/h3-4,9-10H,2,5-8,11-12H2,1H3. The minimum absolute atomic E-state index is 0.0879. The van der Waals surface area contributed by atoms with E-state index < -0.39 is 6.29 Å². The zero-order chi connectivity index (χ0) is 18.6. The van der Waals surface area contributed by atoms with Gasteiger partial charge in [0.15, 0.2) is 11.5 Å². The quantitative estimate of drug-likeness (QED) is 0.805. The monoisotopic (exact) mass is 373 g/mol. The van der Waals surface area contributed by atoms with Crippen LogP contribution >= 0.6 is 0 Å². The summed E-state index contributed by atoms with van der Waals surface area (Å²) in [5.41, 5.74) is 3.52.